The Kier molecular flexibility index (Phi) is 5.10. The van der Waals surface area contributed by atoms with Gasteiger partial charge in [-0.2, -0.15) is 0 Å². The number of Topliss-reactive ketones (excluding diaryl/α,β-unsaturated/α-hetero) is 1. The van der Waals surface area contributed by atoms with Crippen LogP contribution in [-0.4, -0.2) is 42.6 Å². The van der Waals surface area contributed by atoms with Gasteiger partial charge in [0.15, 0.2) is 5.78 Å². The number of nitrogens with one attached hydrogen (secondary N) is 1. The Hall–Kier alpha value is -1.42. The molecule has 0 unspecified atom stereocenters. The molecule has 17 heavy (non-hydrogen) atoms. The first-order valence-electron chi connectivity index (χ1n) is 6.03. The number of nitrogens with zero attached hydrogens (tertiary/aromatic N) is 1. The molecule has 1 aliphatic carbocycles. The lowest BCUT2D eigenvalue weighted by molar-refractivity contribution is -0.115. The molecule has 1 N–H and O–H groups in total. The van der Waals surface area contributed by atoms with E-state index in [-0.39, 0.29) is 11.6 Å². The third-order valence-corrected chi connectivity index (χ3v) is 2.89. The van der Waals surface area contributed by atoms with Crippen molar-refractivity contribution in [2.24, 2.45) is 0 Å². The lowest BCUT2D eigenvalue weighted by Gasteiger charge is -2.19. The van der Waals surface area contributed by atoms with Gasteiger partial charge in [0, 0.05) is 24.7 Å². The van der Waals surface area contributed by atoms with E-state index in [0.29, 0.717) is 17.8 Å². The summed E-state index contributed by atoms with van der Waals surface area (Å²) in [7, 11) is 0. The number of carbonyl (C=O) groups is 2. The Morgan fingerprint density at radius 2 is 1.82 bits per heavy atom. The Bertz CT molecular complexity index is 366. The van der Waals surface area contributed by atoms with Crippen LogP contribution in [0.15, 0.2) is 23.4 Å². The van der Waals surface area contributed by atoms with Gasteiger partial charge in [0.1, 0.15) is 0 Å². The van der Waals surface area contributed by atoms with Crippen molar-refractivity contribution in [3.63, 3.8) is 0 Å². The summed E-state index contributed by atoms with van der Waals surface area (Å²) in [6.07, 6.45) is 2.75. The van der Waals surface area contributed by atoms with E-state index >= 15 is 0 Å². The number of carbonyl (C=O) groups excluding carboxylic acids is 2. The summed E-state index contributed by atoms with van der Waals surface area (Å²) >= 11 is 0. The van der Waals surface area contributed by atoms with Crippen LogP contribution < -0.4 is 5.32 Å². The Labute approximate surface area is 102 Å². The van der Waals surface area contributed by atoms with E-state index in [0.717, 1.165) is 19.6 Å². The number of hydrogen-bond donors (Lipinski definition) is 1. The van der Waals surface area contributed by atoms with Gasteiger partial charge in [-0.1, -0.05) is 13.8 Å². The summed E-state index contributed by atoms with van der Waals surface area (Å²) in [5, 5.41) is 3.04. The van der Waals surface area contributed by atoms with Crippen molar-refractivity contribution < 1.29 is 9.59 Å². The molecule has 0 spiro atoms. The van der Waals surface area contributed by atoms with E-state index in [1.54, 1.807) is 6.92 Å². The maximum atomic E-state index is 11.7. The minimum absolute atomic E-state index is 0.0795. The quantitative estimate of drug-likeness (QED) is 0.696. The predicted octanol–water partition coefficient (Wildman–Crippen LogP) is 0.900. The zero-order chi connectivity index (χ0) is 12.8. The van der Waals surface area contributed by atoms with Gasteiger partial charge in [0.2, 0.25) is 5.78 Å². The van der Waals surface area contributed by atoms with Crippen molar-refractivity contribution in [2.75, 3.05) is 26.2 Å². The van der Waals surface area contributed by atoms with Crippen LogP contribution in [0.2, 0.25) is 0 Å². The zero-order valence-electron chi connectivity index (χ0n) is 10.7. The van der Waals surface area contributed by atoms with Crippen molar-refractivity contribution in [1.29, 1.82) is 0 Å². The number of likely N-dealkylation sites (N-methyl/N-ethyl adjacent to an activating group) is 1. The van der Waals surface area contributed by atoms with Crippen LogP contribution in [0.3, 0.4) is 0 Å². The first kappa shape index (κ1) is 13.6. The van der Waals surface area contributed by atoms with Crippen LogP contribution in [-0.2, 0) is 9.59 Å². The molecule has 4 nitrogen and oxygen atoms in total. The highest BCUT2D eigenvalue weighted by molar-refractivity contribution is 6.19. The van der Waals surface area contributed by atoms with Gasteiger partial charge in [-0.25, -0.2) is 0 Å². The molecule has 0 aliphatic heterocycles. The van der Waals surface area contributed by atoms with Crippen LogP contribution in [0.1, 0.15) is 20.8 Å². The summed E-state index contributed by atoms with van der Waals surface area (Å²) in [5.74, 6) is -0.198. The maximum absolute atomic E-state index is 11.7. The molecular weight excluding hydrogens is 216 g/mol. The molecule has 1 rings (SSSR count). The molecule has 0 fully saturated rings. The number of hydrogen-bond acceptors (Lipinski definition) is 4. The van der Waals surface area contributed by atoms with Crippen LogP contribution in [0, 0.1) is 0 Å². The second kappa shape index (κ2) is 6.35. The highest BCUT2D eigenvalue weighted by Crippen LogP contribution is 2.09. The number of ketones is 2. The molecule has 0 saturated carbocycles. The largest absolute Gasteiger partial charge is 0.380 e. The Morgan fingerprint density at radius 1 is 1.18 bits per heavy atom. The third-order valence-electron chi connectivity index (χ3n) is 2.89. The van der Waals surface area contributed by atoms with E-state index < -0.39 is 0 Å². The van der Waals surface area contributed by atoms with E-state index in [2.05, 4.69) is 24.1 Å². The molecule has 94 valence electrons. The first-order valence-corrected chi connectivity index (χ1v) is 6.03. The van der Waals surface area contributed by atoms with Gasteiger partial charge in [0.05, 0.1) is 5.70 Å². The highest BCUT2D eigenvalue weighted by Gasteiger charge is 2.17. The van der Waals surface area contributed by atoms with Crippen molar-refractivity contribution in [2.45, 2.75) is 20.8 Å². The van der Waals surface area contributed by atoms with Crippen molar-refractivity contribution >= 4 is 11.6 Å². The summed E-state index contributed by atoms with van der Waals surface area (Å²) < 4.78 is 0. The van der Waals surface area contributed by atoms with Gasteiger partial charge in [-0.05, 0) is 26.1 Å². The van der Waals surface area contributed by atoms with Gasteiger partial charge in [0.25, 0.3) is 0 Å². The maximum Gasteiger partial charge on any atom is 0.204 e. The van der Waals surface area contributed by atoms with Crippen molar-refractivity contribution in [1.82, 2.24) is 10.2 Å². The fourth-order valence-electron chi connectivity index (χ4n) is 1.76. The summed E-state index contributed by atoms with van der Waals surface area (Å²) in [4.78, 5) is 25.3. The standard InChI is InChI=1S/C13H20N2O2/c1-4-15(5-2)7-6-14-12-9-11(16)8-10(3)13(12)17/h8-9,14H,4-7H2,1-3H3. The first-order chi connectivity index (χ1) is 8.08. The van der Waals surface area contributed by atoms with E-state index in [4.69, 9.17) is 0 Å². The molecule has 0 heterocycles. The molecule has 0 aromatic rings. The minimum Gasteiger partial charge on any atom is -0.380 e. The number of allylic oxidation sites excluding steroid dienone is 3. The molecular formula is C13H20N2O2. The summed E-state index contributed by atoms with van der Waals surface area (Å²) in [5.41, 5.74) is 0.921. The Balaban J connectivity index is 2.47. The molecule has 0 radical (unpaired) electrons. The van der Waals surface area contributed by atoms with E-state index in [1.807, 2.05) is 0 Å². The Morgan fingerprint density at radius 3 is 2.41 bits per heavy atom. The average molecular weight is 236 g/mol. The molecule has 0 aromatic carbocycles. The van der Waals surface area contributed by atoms with Crippen molar-refractivity contribution in [3.8, 4) is 0 Å². The molecule has 1 aliphatic rings. The zero-order valence-corrected chi connectivity index (χ0v) is 10.7. The minimum atomic E-state index is -0.118. The topological polar surface area (TPSA) is 49.4 Å². The fourth-order valence-corrected chi connectivity index (χ4v) is 1.76. The second-order valence-corrected chi connectivity index (χ2v) is 4.07. The van der Waals surface area contributed by atoms with E-state index in [1.165, 1.54) is 12.2 Å². The smallest absolute Gasteiger partial charge is 0.204 e. The lowest BCUT2D eigenvalue weighted by atomic mass is 10.0. The second-order valence-electron chi connectivity index (χ2n) is 4.07. The van der Waals surface area contributed by atoms with Crippen LogP contribution >= 0.6 is 0 Å². The van der Waals surface area contributed by atoms with Crippen LogP contribution in [0.25, 0.3) is 0 Å². The molecule has 0 bridgehead atoms. The summed E-state index contributed by atoms with van der Waals surface area (Å²) in [6, 6.07) is 0. The van der Waals surface area contributed by atoms with Gasteiger partial charge in [-0.15, -0.1) is 0 Å². The molecule has 0 saturated heterocycles. The van der Waals surface area contributed by atoms with Gasteiger partial charge < -0.3 is 10.2 Å². The fraction of sp³-hybridized carbons (Fsp3) is 0.538. The highest BCUT2D eigenvalue weighted by atomic mass is 16.1. The van der Waals surface area contributed by atoms with E-state index in [9.17, 15) is 9.59 Å². The van der Waals surface area contributed by atoms with Gasteiger partial charge >= 0.3 is 0 Å². The monoisotopic (exact) mass is 236 g/mol. The molecule has 0 amide bonds. The molecule has 0 atom stereocenters. The van der Waals surface area contributed by atoms with Crippen LogP contribution in [0.4, 0.5) is 0 Å². The number of rotatable bonds is 6. The normalized spacial score (nSPS) is 16.0. The lowest BCUT2D eigenvalue weighted by Crippen LogP contribution is -2.34. The predicted molar refractivity (Wildman–Crippen MR) is 67.6 cm³/mol. The van der Waals surface area contributed by atoms with Gasteiger partial charge in [-0.3, -0.25) is 9.59 Å². The average Bonchev–Trinajstić information content (AvgIpc) is 2.30. The van der Waals surface area contributed by atoms with Crippen LogP contribution in [0.5, 0.6) is 0 Å². The molecule has 4 heteroatoms. The third kappa shape index (κ3) is 3.82. The molecule has 0 aromatic heterocycles. The summed E-state index contributed by atoms with van der Waals surface area (Å²) in [6.45, 7) is 9.40. The SMILES string of the molecule is CCN(CC)CCNC1=CC(=O)C=C(C)C1=O. The van der Waals surface area contributed by atoms with Crippen molar-refractivity contribution in [3.05, 3.63) is 23.4 Å².